The van der Waals surface area contributed by atoms with Crippen LogP contribution in [0, 0.1) is 12.3 Å². The summed E-state index contributed by atoms with van der Waals surface area (Å²) in [5.41, 5.74) is 3.35. The summed E-state index contributed by atoms with van der Waals surface area (Å²) in [6.45, 7) is 1.88. The fraction of sp³-hybridized carbons (Fsp3) is 0.467. The molecule has 2 aliphatic rings. The smallest absolute Gasteiger partial charge is 0.0792 e. The molecule has 16 heavy (non-hydrogen) atoms. The van der Waals surface area contributed by atoms with E-state index in [0.717, 1.165) is 13.1 Å². The van der Waals surface area contributed by atoms with Crippen molar-refractivity contribution in [3.05, 3.63) is 29.8 Å². The van der Waals surface area contributed by atoms with Crippen molar-refractivity contribution >= 4 is 5.69 Å². The van der Waals surface area contributed by atoms with Crippen LogP contribution in [0.3, 0.4) is 0 Å². The quantitative estimate of drug-likeness (QED) is 0.646. The number of benzene rings is 1. The van der Waals surface area contributed by atoms with Crippen LogP contribution in [0.2, 0.25) is 0 Å². The van der Waals surface area contributed by atoms with E-state index >= 15 is 0 Å². The molecule has 0 saturated heterocycles. The molecule has 82 valence electrons. The molecule has 1 fully saturated rings. The molecule has 0 N–H and O–H groups in total. The molecule has 0 amide bonds. The molecule has 1 heterocycles. The Morgan fingerprint density at radius 2 is 2.00 bits per heavy atom. The third-order valence-corrected chi connectivity index (χ3v) is 4.15. The first-order valence-corrected chi connectivity index (χ1v) is 6.14. The van der Waals surface area contributed by atoms with Crippen LogP contribution in [0.4, 0.5) is 5.69 Å². The van der Waals surface area contributed by atoms with E-state index in [4.69, 9.17) is 6.42 Å². The third-order valence-electron chi connectivity index (χ3n) is 4.15. The van der Waals surface area contributed by atoms with Gasteiger partial charge in [0.25, 0.3) is 0 Å². The predicted molar refractivity (Wildman–Crippen MR) is 67.6 cm³/mol. The molecule has 1 heteroatoms. The largest absolute Gasteiger partial charge is 0.359 e. The second-order valence-electron chi connectivity index (χ2n) is 5.06. The van der Waals surface area contributed by atoms with Crippen LogP contribution in [0.5, 0.6) is 0 Å². The first-order valence-electron chi connectivity index (χ1n) is 6.14. The lowest BCUT2D eigenvalue weighted by Crippen LogP contribution is -2.31. The minimum atomic E-state index is 0.424. The number of nitrogens with zero attached hydrogens (tertiary/aromatic N) is 1. The Balaban J connectivity index is 2.05. The van der Waals surface area contributed by atoms with Gasteiger partial charge in [-0.3, -0.25) is 0 Å². The number of fused-ring (bicyclic) bond motifs is 2. The zero-order valence-corrected chi connectivity index (χ0v) is 9.58. The van der Waals surface area contributed by atoms with E-state index in [1.165, 1.54) is 31.4 Å². The van der Waals surface area contributed by atoms with Crippen LogP contribution >= 0.6 is 0 Å². The highest BCUT2D eigenvalue weighted by atomic mass is 15.2. The second-order valence-corrected chi connectivity index (χ2v) is 5.06. The molecule has 0 unspecified atom stereocenters. The van der Waals surface area contributed by atoms with Crippen LogP contribution in [0.25, 0.3) is 0 Å². The van der Waals surface area contributed by atoms with E-state index < -0.39 is 0 Å². The average Bonchev–Trinajstić information content (AvgIpc) is 2.89. The van der Waals surface area contributed by atoms with E-state index in [9.17, 15) is 0 Å². The Morgan fingerprint density at radius 3 is 2.75 bits per heavy atom. The highest BCUT2D eigenvalue weighted by Gasteiger charge is 2.43. The van der Waals surface area contributed by atoms with Crippen molar-refractivity contribution in [1.82, 2.24) is 0 Å². The van der Waals surface area contributed by atoms with Gasteiger partial charge in [0.05, 0.1) is 6.54 Å². The molecule has 1 aliphatic carbocycles. The third kappa shape index (κ3) is 1.26. The van der Waals surface area contributed by atoms with Gasteiger partial charge < -0.3 is 4.90 Å². The molecule has 1 nitrogen and oxygen atoms in total. The van der Waals surface area contributed by atoms with Crippen LogP contribution in [-0.2, 0) is 5.41 Å². The van der Waals surface area contributed by atoms with Crippen molar-refractivity contribution in [3.63, 3.8) is 0 Å². The molecule has 1 aliphatic heterocycles. The summed E-state index contributed by atoms with van der Waals surface area (Å²) in [7, 11) is 0. The Morgan fingerprint density at radius 1 is 1.25 bits per heavy atom. The Bertz CT molecular complexity index is 435. The van der Waals surface area contributed by atoms with Gasteiger partial charge in [-0.25, -0.2) is 0 Å². The Hall–Kier alpha value is -1.42. The van der Waals surface area contributed by atoms with Gasteiger partial charge in [0.1, 0.15) is 0 Å². The van der Waals surface area contributed by atoms with Crippen molar-refractivity contribution < 1.29 is 0 Å². The molecule has 0 bridgehead atoms. The van der Waals surface area contributed by atoms with E-state index in [1.54, 1.807) is 5.56 Å². The molecule has 1 saturated carbocycles. The van der Waals surface area contributed by atoms with Gasteiger partial charge >= 0.3 is 0 Å². The van der Waals surface area contributed by atoms with Crippen molar-refractivity contribution in [2.45, 2.75) is 31.1 Å². The Kier molecular flexibility index (Phi) is 2.17. The normalized spacial score (nSPS) is 21.1. The molecular formula is C15H17N. The topological polar surface area (TPSA) is 3.24 Å². The Labute approximate surface area is 97.5 Å². The summed E-state index contributed by atoms with van der Waals surface area (Å²) in [6.07, 6.45) is 10.9. The van der Waals surface area contributed by atoms with Gasteiger partial charge in [-0.15, -0.1) is 6.42 Å². The van der Waals surface area contributed by atoms with Crippen LogP contribution in [0.15, 0.2) is 24.3 Å². The highest BCUT2D eigenvalue weighted by Crippen LogP contribution is 2.49. The number of terminal acetylenes is 1. The van der Waals surface area contributed by atoms with E-state index in [1.807, 2.05) is 0 Å². The fourth-order valence-electron chi connectivity index (χ4n) is 3.46. The zero-order chi connectivity index (χ0) is 11.0. The van der Waals surface area contributed by atoms with E-state index in [2.05, 4.69) is 35.1 Å². The van der Waals surface area contributed by atoms with Gasteiger partial charge in [-0.2, -0.15) is 0 Å². The SMILES string of the molecule is C#CCN1CC2(CCCC2)c2ccccc21. The average molecular weight is 211 g/mol. The number of rotatable bonds is 1. The number of anilines is 1. The van der Waals surface area contributed by atoms with Crippen LogP contribution < -0.4 is 4.90 Å². The van der Waals surface area contributed by atoms with Crippen molar-refractivity contribution in [3.8, 4) is 12.3 Å². The predicted octanol–water partition coefficient (Wildman–Crippen LogP) is 2.95. The molecule has 0 radical (unpaired) electrons. The maximum absolute atomic E-state index is 5.46. The van der Waals surface area contributed by atoms with Crippen molar-refractivity contribution in [2.75, 3.05) is 18.0 Å². The van der Waals surface area contributed by atoms with E-state index in [0.29, 0.717) is 5.41 Å². The lowest BCUT2D eigenvalue weighted by atomic mass is 9.81. The minimum absolute atomic E-state index is 0.424. The number of hydrogen-bond donors (Lipinski definition) is 0. The summed E-state index contributed by atoms with van der Waals surface area (Å²) < 4.78 is 0. The van der Waals surface area contributed by atoms with Gasteiger partial charge in [0.2, 0.25) is 0 Å². The molecular weight excluding hydrogens is 194 g/mol. The molecule has 1 aromatic rings. The highest BCUT2D eigenvalue weighted by molar-refractivity contribution is 5.63. The van der Waals surface area contributed by atoms with Gasteiger partial charge in [-0.1, -0.05) is 37.0 Å². The second kappa shape index (κ2) is 3.56. The summed E-state index contributed by atoms with van der Waals surface area (Å²) in [6, 6.07) is 8.81. The van der Waals surface area contributed by atoms with Gasteiger partial charge in [0, 0.05) is 17.6 Å². The van der Waals surface area contributed by atoms with Crippen LogP contribution in [-0.4, -0.2) is 13.1 Å². The molecule has 1 aromatic carbocycles. The molecule has 0 atom stereocenters. The van der Waals surface area contributed by atoms with Crippen molar-refractivity contribution in [2.24, 2.45) is 0 Å². The standard InChI is InChI=1S/C15H17N/c1-2-11-16-12-15(9-5-6-10-15)13-7-3-4-8-14(13)16/h1,3-4,7-8H,5-6,9-12H2. The zero-order valence-electron chi connectivity index (χ0n) is 9.58. The van der Waals surface area contributed by atoms with Crippen LogP contribution in [0.1, 0.15) is 31.2 Å². The van der Waals surface area contributed by atoms with E-state index in [-0.39, 0.29) is 0 Å². The fourth-order valence-corrected chi connectivity index (χ4v) is 3.46. The molecule has 3 rings (SSSR count). The number of hydrogen-bond acceptors (Lipinski definition) is 1. The summed E-state index contributed by atoms with van der Waals surface area (Å²) in [5, 5.41) is 0. The van der Waals surface area contributed by atoms with Crippen molar-refractivity contribution in [1.29, 1.82) is 0 Å². The maximum Gasteiger partial charge on any atom is 0.0792 e. The molecule has 0 aromatic heterocycles. The summed E-state index contributed by atoms with van der Waals surface area (Å²) in [4.78, 5) is 2.38. The van der Waals surface area contributed by atoms with Gasteiger partial charge in [-0.05, 0) is 24.5 Å². The first kappa shape index (κ1) is 9.78. The number of para-hydroxylation sites is 1. The maximum atomic E-state index is 5.46. The first-order chi connectivity index (χ1) is 7.86. The lowest BCUT2D eigenvalue weighted by Gasteiger charge is -2.24. The van der Waals surface area contributed by atoms with Gasteiger partial charge in [0.15, 0.2) is 0 Å². The summed E-state index contributed by atoms with van der Waals surface area (Å²) >= 11 is 0. The summed E-state index contributed by atoms with van der Waals surface area (Å²) in [5.74, 6) is 2.78. The molecule has 1 spiro atoms. The monoisotopic (exact) mass is 211 g/mol. The lowest BCUT2D eigenvalue weighted by molar-refractivity contribution is 0.471. The minimum Gasteiger partial charge on any atom is -0.359 e.